The SMILES string of the molecule is Cc1ccc(OCC(O)COC(C)C)c(CO)n1. The first kappa shape index (κ1) is 14.9. The van der Waals surface area contributed by atoms with Crippen LogP contribution in [0.25, 0.3) is 0 Å². The maximum Gasteiger partial charge on any atom is 0.143 e. The monoisotopic (exact) mass is 255 g/mol. The van der Waals surface area contributed by atoms with Gasteiger partial charge in [-0.25, -0.2) is 0 Å². The maximum absolute atomic E-state index is 9.64. The predicted octanol–water partition coefficient (Wildman–Crippen LogP) is 1.05. The number of aliphatic hydroxyl groups is 2. The summed E-state index contributed by atoms with van der Waals surface area (Å²) >= 11 is 0. The van der Waals surface area contributed by atoms with Gasteiger partial charge in [0.05, 0.1) is 19.3 Å². The van der Waals surface area contributed by atoms with E-state index in [1.165, 1.54) is 0 Å². The van der Waals surface area contributed by atoms with Crippen LogP contribution in [0.15, 0.2) is 12.1 Å². The van der Waals surface area contributed by atoms with Gasteiger partial charge in [-0.2, -0.15) is 0 Å². The van der Waals surface area contributed by atoms with Crippen LogP contribution in [-0.4, -0.2) is 40.6 Å². The average molecular weight is 255 g/mol. The summed E-state index contributed by atoms with van der Waals surface area (Å²) < 4.78 is 10.7. The third-order valence-corrected chi connectivity index (χ3v) is 2.27. The third-order valence-electron chi connectivity index (χ3n) is 2.27. The maximum atomic E-state index is 9.64. The fourth-order valence-corrected chi connectivity index (χ4v) is 1.38. The summed E-state index contributed by atoms with van der Waals surface area (Å²) in [6.07, 6.45) is -0.617. The number of aryl methyl sites for hydroxylation is 1. The molecule has 0 bridgehead atoms. The summed E-state index contributed by atoms with van der Waals surface area (Å²) in [6.45, 7) is 5.81. The fourth-order valence-electron chi connectivity index (χ4n) is 1.38. The van der Waals surface area contributed by atoms with Crippen LogP contribution >= 0.6 is 0 Å². The van der Waals surface area contributed by atoms with Gasteiger partial charge in [0.15, 0.2) is 0 Å². The molecule has 1 atom stereocenters. The fraction of sp³-hybridized carbons (Fsp3) is 0.615. The second kappa shape index (κ2) is 7.31. The Morgan fingerprint density at radius 2 is 2.00 bits per heavy atom. The van der Waals surface area contributed by atoms with E-state index in [0.717, 1.165) is 5.69 Å². The highest BCUT2D eigenvalue weighted by atomic mass is 16.5. The topological polar surface area (TPSA) is 71.8 Å². The van der Waals surface area contributed by atoms with Crippen molar-refractivity contribution in [1.29, 1.82) is 0 Å². The first-order valence-electron chi connectivity index (χ1n) is 6.02. The van der Waals surface area contributed by atoms with Gasteiger partial charge in [0.1, 0.15) is 24.2 Å². The van der Waals surface area contributed by atoms with Gasteiger partial charge in [0, 0.05) is 5.69 Å². The molecule has 0 aliphatic heterocycles. The highest BCUT2D eigenvalue weighted by Crippen LogP contribution is 2.17. The lowest BCUT2D eigenvalue weighted by molar-refractivity contribution is -0.0126. The second-order valence-corrected chi connectivity index (χ2v) is 4.40. The largest absolute Gasteiger partial charge is 0.489 e. The van der Waals surface area contributed by atoms with E-state index in [0.29, 0.717) is 11.4 Å². The van der Waals surface area contributed by atoms with Gasteiger partial charge in [0.25, 0.3) is 0 Å². The number of rotatable bonds is 7. The van der Waals surface area contributed by atoms with E-state index in [1.54, 1.807) is 12.1 Å². The molecule has 1 aromatic heterocycles. The molecule has 0 radical (unpaired) electrons. The van der Waals surface area contributed by atoms with Crippen LogP contribution in [-0.2, 0) is 11.3 Å². The Morgan fingerprint density at radius 3 is 2.61 bits per heavy atom. The van der Waals surface area contributed by atoms with Crippen LogP contribution in [0.4, 0.5) is 0 Å². The molecule has 5 nitrogen and oxygen atoms in total. The minimum atomic E-state index is -0.694. The molecule has 0 aromatic carbocycles. The molecule has 0 aliphatic carbocycles. The third kappa shape index (κ3) is 5.00. The summed E-state index contributed by atoms with van der Waals surface area (Å²) in [5.41, 5.74) is 1.29. The number of pyridine rings is 1. The van der Waals surface area contributed by atoms with Crippen LogP contribution in [0.2, 0.25) is 0 Å². The molecule has 1 rings (SSSR count). The molecular weight excluding hydrogens is 234 g/mol. The van der Waals surface area contributed by atoms with Crippen molar-refractivity contribution in [2.24, 2.45) is 0 Å². The summed E-state index contributed by atoms with van der Waals surface area (Å²) in [6, 6.07) is 3.54. The highest BCUT2D eigenvalue weighted by Gasteiger charge is 2.10. The Bertz CT molecular complexity index is 368. The van der Waals surface area contributed by atoms with Crippen LogP contribution in [0, 0.1) is 6.92 Å². The van der Waals surface area contributed by atoms with E-state index in [2.05, 4.69) is 4.98 Å². The van der Waals surface area contributed by atoms with Crippen LogP contribution in [0.3, 0.4) is 0 Å². The molecule has 0 saturated heterocycles. The average Bonchev–Trinajstić information content (AvgIpc) is 2.34. The molecule has 5 heteroatoms. The van der Waals surface area contributed by atoms with Gasteiger partial charge in [-0.3, -0.25) is 4.98 Å². The first-order valence-corrected chi connectivity index (χ1v) is 6.02. The Morgan fingerprint density at radius 1 is 1.28 bits per heavy atom. The summed E-state index contributed by atoms with van der Waals surface area (Å²) in [5, 5.41) is 18.8. The quantitative estimate of drug-likeness (QED) is 0.762. The van der Waals surface area contributed by atoms with E-state index in [4.69, 9.17) is 14.6 Å². The van der Waals surface area contributed by atoms with Crippen molar-refractivity contribution in [2.75, 3.05) is 13.2 Å². The smallest absolute Gasteiger partial charge is 0.143 e. The normalized spacial score (nSPS) is 12.8. The number of ether oxygens (including phenoxy) is 2. The van der Waals surface area contributed by atoms with Gasteiger partial charge in [0.2, 0.25) is 0 Å². The van der Waals surface area contributed by atoms with Crippen molar-refractivity contribution in [3.8, 4) is 5.75 Å². The number of nitrogens with zero attached hydrogens (tertiary/aromatic N) is 1. The lowest BCUT2D eigenvalue weighted by atomic mass is 10.3. The molecule has 1 unspecified atom stereocenters. The van der Waals surface area contributed by atoms with Crippen molar-refractivity contribution in [3.63, 3.8) is 0 Å². The summed E-state index contributed by atoms with van der Waals surface area (Å²) in [7, 11) is 0. The van der Waals surface area contributed by atoms with Crippen molar-refractivity contribution < 1.29 is 19.7 Å². The van der Waals surface area contributed by atoms with Crippen molar-refractivity contribution in [2.45, 2.75) is 39.6 Å². The second-order valence-electron chi connectivity index (χ2n) is 4.40. The zero-order chi connectivity index (χ0) is 13.5. The Balaban J connectivity index is 2.47. The molecule has 0 amide bonds. The lowest BCUT2D eigenvalue weighted by Gasteiger charge is -2.15. The zero-order valence-electron chi connectivity index (χ0n) is 11.1. The Labute approximate surface area is 107 Å². The van der Waals surface area contributed by atoms with Crippen LogP contribution in [0.1, 0.15) is 25.2 Å². The van der Waals surface area contributed by atoms with E-state index in [1.807, 2.05) is 20.8 Å². The number of aliphatic hydroxyl groups excluding tert-OH is 2. The molecule has 0 fully saturated rings. The standard InChI is InChI=1S/C13H21NO4/c1-9(2)17-7-11(16)8-18-13-5-4-10(3)14-12(13)6-15/h4-5,9,11,15-16H,6-8H2,1-3H3. The summed E-state index contributed by atoms with van der Waals surface area (Å²) in [5.74, 6) is 0.492. The van der Waals surface area contributed by atoms with Crippen LogP contribution < -0.4 is 4.74 Å². The predicted molar refractivity (Wildman–Crippen MR) is 67.5 cm³/mol. The van der Waals surface area contributed by atoms with Gasteiger partial charge in [-0.05, 0) is 32.9 Å². The summed E-state index contributed by atoms with van der Waals surface area (Å²) in [4.78, 5) is 4.16. The minimum absolute atomic E-state index is 0.0775. The zero-order valence-corrected chi connectivity index (χ0v) is 11.1. The number of aromatic nitrogens is 1. The molecule has 1 aromatic rings. The van der Waals surface area contributed by atoms with Gasteiger partial charge < -0.3 is 19.7 Å². The minimum Gasteiger partial charge on any atom is -0.489 e. The number of hydrogen-bond donors (Lipinski definition) is 2. The molecule has 0 spiro atoms. The van der Waals surface area contributed by atoms with E-state index >= 15 is 0 Å². The number of hydrogen-bond acceptors (Lipinski definition) is 5. The molecule has 0 saturated carbocycles. The molecule has 0 aliphatic rings. The van der Waals surface area contributed by atoms with Gasteiger partial charge in [-0.15, -0.1) is 0 Å². The van der Waals surface area contributed by atoms with E-state index < -0.39 is 6.10 Å². The van der Waals surface area contributed by atoms with Crippen molar-refractivity contribution in [3.05, 3.63) is 23.5 Å². The van der Waals surface area contributed by atoms with Crippen molar-refractivity contribution >= 4 is 0 Å². The molecular formula is C13H21NO4. The molecule has 1 heterocycles. The van der Waals surface area contributed by atoms with Gasteiger partial charge >= 0.3 is 0 Å². The molecule has 2 N–H and O–H groups in total. The van der Waals surface area contributed by atoms with Gasteiger partial charge in [-0.1, -0.05) is 0 Å². The molecule has 18 heavy (non-hydrogen) atoms. The molecule has 102 valence electrons. The first-order chi connectivity index (χ1) is 8.52. The Hall–Kier alpha value is -1.17. The van der Waals surface area contributed by atoms with Crippen LogP contribution in [0.5, 0.6) is 5.75 Å². The van der Waals surface area contributed by atoms with Crippen molar-refractivity contribution in [1.82, 2.24) is 4.98 Å². The van der Waals surface area contributed by atoms with E-state index in [9.17, 15) is 5.11 Å². The highest BCUT2D eigenvalue weighted by molar-refractivity contribution is 5.28. The lowest BCUT2D eigenvalue weighted by Crippen LogP contribution is -2.25. The Kier molecular flexibility index (Phi) is 6.04. The van der Waals surface area contributed by atoms with E-state index in [-0.39, 0.29) is 25.9 Å².